The zero-order chi connectivity index (χ0) is 23.5. The van der Waals surface area contributed by atoms with E-state index in [1.165, 1.54) is 28.7 Å². The molecule has 2 aromatic carbocycles. The highest BCUT2D eigenvalue weighted by molar-refractivity contribution is 7.89. The quantitative estimate of drug-likeness (QED) is 0.477. The number of nitrogens with one attached hydrogen (secondary N) is 1. The van der Waals surface area contributed by atoms with Crippen LogP contribution in [0.5, 0.6) is 5.75 Å². The Morgan fingerprint density at radius 2 is 1.88 bits per heavy atom. The first-order chi connectivity index (χ1) is 15.2. The molecule has 1 heterocycles. The van der Waals surface area contributed by atoms with Gasteiger partial charge in [0.2, 0.25) is 10.0 Å². The fraction of sp³-hybridized carbons (Fsp3) is 0.273. The van der Waals surface area contributed by atoms with Gasteiger partial charge in [0.1, 0.15) is 5.75 Å². The van der Waals surface area contributed by atoms with Crippen molar-refractivity contribution in [3.8, 4) is 11.4 Å². The molecule has 0 saturated heterocycles. The molecule has 1 amide bonds. The van der Waals surface area contributed by atoms with Crippen LogP contribution in [0.15, 0.2) is 53.6 Å². The van der Waals surface area contributed by atoms with Crippen LogP contribution in [0.1, 0.15) is 36.8 Å². The normalized spacial score (nSPS) is 11.7. The lowest BCUT2D eigenvalue weighted by atomic mass is 10.1. The van der Waals surface area contributed by atoms with E-state index in [1.807, 2.05) is 13.0 Å². The smallest absolute Gasteiger partial charge is 0.259 e. The summed E-state index contributed by atoms with van der Waals surface area (Å²) in [7, 11) is -3.75. The van der Waals surface area contributed by atoms with Gasteiger partial charge in [-0.1, -0.05) is 38.4 Å². The first-order valence-electron chi connectivity index (χ1n) is 10.2. The van der Waals surface area contributed by atoms with Gasteiger partial charge in [-0.05, 0) is 42.8 Å². The summed E-state index contributed by atoms with van der Waals surface area (Å²) in [4.78, 5) is 13.0. The minimum atomic E-state index is -3.75. The molecular weight excluding hydrogens is 452 g/mol. The zero-order valence-corrected chi connectivity index (χ0v) is 19.6. The van der Waals surface area contributed by atoms with Crippen molar-refractivity contribution in [2.45, 2.75) is 32.1 Å². The number of aromatic hydroxyl groups is 1. The van der Waals surface area contributed by atoms with E-state index in [2.05, 4.69) is 10.4 Å². The fourth-order valence-electron chi connectivity index (χ4n) is 3.41. The Morgan fingerprint density at radius 1 is 1.16 bits per heavy atom. The molecule has 2 N–H and O–H groups in total. The van der Waals surface area contributed by atoms with Crippen molar-refractivity contribution in [3.05, 3.63) is 64.9 Å². The highest BCUT2D eigenvalue weighted by Crippen LogP contribution is 2.29. The summed E-state index contributed by atoms with van der Waals surface area (Å²) in [5.41, 5.74) is 1.67. The van der Waals surface area contributed by atoms with Gasteiger partial charge >= 0.3 is 0 Å². The van der Waals surface area contributed by atoms with E-state index in [9.17, 15) is 18.3 Å². The van der Waals surface area contributed by atoms with Crippen LogP contribution in [-0.4, -0.2) is 46.6 Å². The van der Waals surface area contributed by atoms with E-state index in [1.54, 1.807) is 36.7 Å². The number of benzene rings is 2. The Balaban J connectivity index is 1.95. The maximum Gasteiger partial charge on any atom is 0.259 e. The third kappa shape index (κ3) is 4.64. The van der Waals surface area contributed by atoms with E-state index >= 15 is 0 Å². The summed E-state index contributed by atoms with van der Waals surface area (Å²) in [5, 5.41) is 17.7. The molecule has 0 atom stereocenters. The minimum absolute atomic E-state index is 0.000731. The third-order valence-electron chi connectivity index (χ3n) is 5.06. The number of hydrogen-bond acceptors (Lipinski definition) is 5. The topological polar surface area (TPSA) is 105 Å². The molecule has 0 aliphatic rings. The largest absolute Gasteiger partial charge is 0.506 e. The lowest BCUT2D eigenvalue weighted by molar-refractivity contribution is 0.102. The van der Waals surface area contributed by atoms with Crippen molar-refractivity contribution >= 4 is 33.2 Å². The standard InChI is InChI=1S/C22H25ClN4O4S/c1-4-20-18(14-24-27(20)16-9-7-8-15(23)12-16)22(29)25-19-13-17(10-11-21(19)28)32(30,31)26(5-2)6-3/h7-14,28H,4-6H2,1-3H3,(H,25,29). The number of carbonyl (C=O) groups excluding carboxylic acids is 1. The van der Waals surface area contributed by atoms with E-state index < -0.39 is 15.9 Å². The van der Waals surface area contributed by atoms with E-state index in [0.717, 1.165) is 0 Å². The number of rotatable bonds is 8. The molecule has 8 nitrogen and oxygen atoms in total. The number of phenolic OH excluding ortho intramolecular Hbond substituents is 1. The minimum Gasteiger partial charge on any atom is -0.506 e. The molecule has 3 aromatic rings. The molecule has 0 aliphatic heterocycles. The van der Waals surface area contributed by atoms with Gasteiger partial charge in [0.05, 0.1) is 33.7 Å². The molecule has 0 aliphatic carbocycles. The molecule has 3 rings (SSSR count). The second-order valence-corrected chi connectivity index (χ2v) is 9.35. The Bertz CT molecular complexity index is 1240. The van der Waals surface area contributed by atoms with Crippen molar-refractivity contribution in [3.63, 3.8) is 0 Å². The van der Waals surface area contributed by atoms with E-state index in [0.29, 0.717) is 41.5 Å². The Morgan fingerprint density at radius 3 is 2.50 bits per heavy atom. The van der Waals surface area contributed by atoms with Crippen LogP contribution in [-0.2, 0) is 16.4 Å². The third-order valence-corrected chi connectivity index (χ3v) is 7.34. The Kier molecular flexibility index (Phi) is 7.22. The molecule has 0 fully saturated rings. The van der Waals surface area contributed by atoms with Crippen molar-refractivity contribution in [2.24, 2.45) is 0 Å². The number of amides is 1. The molecule has 32 heavy (non-hydrogen) atoms. The highest BCUT2D eigenvalue weighted by atomic mass is 35.5. The summed E-state index contributed by atoms with van der Waals surface area (Å²) in [6.45, 7) is 6.00. The lowest BCUT2D eigenvalue weighted by Gasteiger charge is -2.19. The molecule has 0 spiro atoms. The van der Waals surface area contributed by atoms with Crippen molar-refractivity contribution < 1.29 is 18.3 Å². The molecule has 0 unspecified atom stereocenters. The number of aromatic nitrogens is 2. The number of sulfonamides is 1. The Labute approximate surface area is 192 Å². The number of carbonyl (C=O) groups is 1. The first kappa shape index (κ1) is 23.8. The maximum absolute atomic E-state index is 13.0. The number of nitrogens with zero attached hydrogens (tertiary/aromatic N) is 3. The van der Waals surface area contributed by atoms with Gasteiger partial charge < -0.3 is 10.4 Å². The van der Waals surface area contributed by atoms with Crippen molar-refractivity contribution in [1.82, 2.24) is 14.1 Å². The maximum atomic E-state index is 13.0. The summed E-state index contributed by atoms with van der Waals surface area (Å²) in [5.74, 6) is -0.750. The highest BCUT2D eigenvalue weighted by Gasteiger charge is 2.24. The van der Waals surface area contributed by atoms with Crippen LogP contribution in [0.3, 0.4) is 0 Å². The van der Waals surface area contributed by atoms with Gasteiger partial charge in [0.25, 0.3) is 5.91 Å². The summed E-state index contributed by atoms with van der Waals surface area (Å²) < 4.78 is 28.5. The van der Waals surface area contributed by atoms with Crippen LogP contribution in [0.25, 0.3) is 5.69 Å². The van der Waals surface area contributed by atoms with Crippen molar-refractivity contribution in [1.29, 1.82) is 0 Å². The van der Waals surface area contributed by atoms with Gasteiger partial charge in [-0.25, -0.2) is 13.1 Å². The molecule has 170 valence electrons. The summed E-state index contributed by atoms with van der Waals surface area (Å²) in [6, 6.07) is 10.9. The first-order valence-corrected chi connectivity index (χ1v) is 12.0. The zero-order valence-electron chi connectivity index (χ0n) is 18.0. The van der Waals surface area contributed by atoms with E-state index in [4.69, 9.17) is 11.6 Å². The van der Waals surface area contributed by atoms with Gasteiger partial charge in [-0.15, -0.1) is 0 Å². The van der Waals surface area contributed by atoms with Crippen LogP contribution >= 0.6 is 11.6 Å². The van der Waals surface area contributed by atoms with Gasteiger partial charge in [-0.2, -0.15) is 9.40 Å². The van der Waals surface area contributed by atoms with E-state index in [-0.39, 0.29) is 16.3 Å². The second-order valence-electron chi connectivity index (χ2n) is 6.97. The molecular formula is C22H25ClN4O4S. The predicted octanol–water partition coefficient (Wildman–Crippen LogP) is 4.08. The molecule has 0 saturated carbocycles. The SMILES string of the molecule is CCc1c(C(=O)Nc2cc(S(=O)(=O)N(CC)CC)ccc2O)cnn1-c1cccc(Cl)c1. The molecule has 1 aromatic heterocycles. The number of anilines is 1. The monoisotopic (exact) mass is 476 g/mol. The fourth-order valence-corrected chi connectivity index (χ4v) is 5.08. The number of phenols is 1. The van der Waals surface area contributed by atoms with Crippen LogP contribution in [0.2, 0.25) is 5.02 Å². The molecule has 0 radical (unpaired) electrons. The molecule has 10 heteroatoms. The summed E-state index contributed by atoms with van der Waals surface area (Å²) in [6.07, 6.45) is 1.94. The van der Waals surface area contributed by atoms with Crippen LogP contribution in [0, 0.1) is 0 Å². The van der Waals surface area contributed by atoms with Crippen LogP contribution < -0.4 is 5.32 Å². The number of hydrogen-bond donors (Lipinski definition) is 2. The Hall–Kier alpha value is -2.88. The number of halogens is 1. The average Bonchev–Trinajstić information content (AvgIpc) is 3.20. The average molecular weight is 477 g/mol. The lowest BCUT2D eigenvalue weighted by Crippen LogP contribution is -2.30. The summed E-state index contributed by atoms with van der Waals surface area (Å²) >= 11 is 6.08. The van der Waals surface area contributed by atoms with Gasteiger partial charge in [-0.3, -0.25) is 4.79 Å². The van der Waals surface area contributed by atoms with Crippen molar-refractivity contribution in [2.75, 3.05) is 18.4 Å². The van der Waals surface area contributed by atoms with Gasteiger partial charge in [0.15, 0.2) is 0 Å². The van der Waals surface area contributed by atoms with Crippen LogP contribution in [0.4, 0.5) is 5.69 Å². The molecule has 0 bridgehead atoms. The predicted molar refractivity (Wildman–Crippen MR) is 124 cm³/mol. The van der Waals surface area contributed by atoms with Gasteiger partial charge in [0, 0.05) is 18.1 Å². The second kappa shape index (κ2) is 9.72.